The first-order chi connectivity index (χ1) is 13.9. The summed E-state index contributed by atoms with van der Waals surface area (Å²) >= 11 is 7.34. The maximum atomic E-state index is 12.5. The van der Waals surface area contributed by atoms with Crippen molar-refractivity contribution in [3.05, 3.63) is 69.2 Å². The zero-order chi connectivity index (χ0) is 20.8. The van der Waals surface area contributed by atoms with Gasteiger partial charge in [0.2, 0.25) is 5.91 Å². The van der Waals surface area contributed by atoms with E-state index in [4.69, 9.17) is 11.6 Å². The molecular formula is C21H24ClN3O3S. The molecule has 0 spiro atoms. The van der Waals surface area contributed by atoms with E-state index in [9.17, 15) is 14.9 Å². The highest BCUT2D eigenvalue weighted by atomic mass is 35.5. The van der Waals surface area contributed by atoms with Crippen LogP contribution >= 0.6 is 23.4 Å². The molecule has 1 heterocycles. The Balaban J connectivity index is 1.42. The number of halogens is 1. The standard InChI is InChI=1S/C21H24ClN3O3S/c1-15(29-20-8-6-19(7-9-20)25(27)28)21(26)23-18-10-12-24(13-11-18)14-16-2-4-17(22)5-3-16/h2-9,15,18H,10-14H2,1H3,(H,23,26). The van der Waals surface area contributed by atoms with E-state index in [1.165, 1.54) is 29.5 Å². The van der Waals surface area contributed by atoms with Crippen LogP contribution in [0.25, 0.3) is 0 Å². The lowest BCUT2D eigenvalue weighted by molar-refractivity contribution is -0.384. The van der Waals surface area contributed by atoms with E-state index >= 15 is 0 Å². The van der Waals surface area contributed by atoms with Gasteiger partial charge in [-0.05, 0) is 49.6 Å². The number of hydrogen-bond donors (Lipinski definition) is 1. The van der Waals surface area contributed by atoms with Gasteiger partial charge in [0.15, 0.2) is 0 Å². The summed E-state index contributed by atoms with van der Waals surface area (Å²) in [5, 5.41) is 14.4. The molecule has 0 saturated carbocycles. The van der Waals surface area contributed by atoms with Gasteiger partial charge < -0.3 is 5.32 Å². The number of carbonyl (C=O) groups excluding carboxylic acids is 1. The molecule has 2 aromatic carbocycles. The molecule has 1 amide bonds. The molecule has 0 radical (unpaired) electrons. The van der Waals surface area contributed by atoms with E-state index in [-0.39, 0.29) is 22.9 Å². The lowest BCUT2D eigenvalue weighted by atomic mass is 10.0. The first-order valence-corrected chi connectivity index (χ1v) is 10.8. The van der Waals surface area contributed by atoms with Gasteiger partial charge in [-0.3, -0.25) is 19.8 Å². The first kappa shape index (κ1) is 21.6. The second-order valence-electron chi connectivity index (χ2n) is 7.20. The topological polar surface area (TPSA) is 75.5 Å². The quantitative estimate of drug-likeness (QED) is 0.395. The predicted molar refractivity (Wildman–Crippen MR) is 116 cm³/mol. The van der Waals surface area contributed by atoms with E-state index in [1.807, 2.05) is 31.2 Å². The second-order valence-corrected chi connectivity index (χ2v) is 9.05. The molecule has 1 aliphatic rings. The number of rotatable bonds is 7. The van der Waals surface area contributed by atoms with Crippen LogP contribution in [0.5, 0.6) is 0 Å². The third-order valence-corrected chi connectivity index (χ3v) is 6.35. The lowest BCUT2D eigenvalue weighted by Crippen LogP contribution is -2.46. The normalized spacial score (nSPS) is 16.3. The van der Waals surface area contributed by atoms with Gasteiger partial charge in [-0.25, -0.2) is 0 Å². The maximum absolute atomic E-state index is 12.5. The molecule has 2 aromatic rings. The molecule has 6 nitrogen and oxygen atoms in total. The van der Waals surface area contributed by atoms with Gasteiger partial charge in [0.1, 0.15) is 0 Å². The minimum Gasteiger partial charge on any atom is -0.352 e. The van der Waals surface area contributed by atoms with Gasteiger partial charge in [0.25, 0.3) is 5.69 Å². The fourth-order valence-electron chi connectivity index (χ4n) is 3.31. The Bertz CT molecular complexity index is 837. The van der Waals surface area contributed by atoms with Gasteiger partial charge in [0, 0.05) is 47.7 Å². The number of benzene rings is 2. The predicted octanol–water partition coefficient (Wildman–Crippen LogP) is 4.51. The van der Waals surface area contributed by atoms with Crippen LogP contribution in [0.15, 0.2) is 53.4 Å². The van der Waals surface area contributed by atoms with Crippen LogP contribution in [0.4, 0.5) is 5.69 Å². The zero-order valence-electron chi connectivity index (χ0n) is 16.2. The van der Waals surface area contributed by atoms with Crippen LogP contribution in [-0.2, 0) is 11.3 Å². The van der Waals surface area contributed by atoms with Crippen molar-refractivity contribution in [2.45, 2.75) is 42.5 Å². The number of amides is 1. The van der Waals surface area contributed by atoms with Crippen molar-refractivity contribution < 1.29 is 9.72 Å². The highest BCUT2D eigenvalue weighted by Gasteiger charge is 2.23. The summed E-state index contributed by atoms with van der Waals surface area (Å²) in [7, 11) is 0. The highest BCUT2D eigenvalue weighted by Crippen LogP contribution is 2.26. The molecule has 154 valence electrons. The molecule has 3 rings (SSSR count). The monoisotopic (exact) mass is 433 g/mol. The Morgan fingerprint density at radius 1 is 1.21 bits per heavy atom. The van der Waals surface area contributed by atoms with E-state index in [1.54, 1.807) is 12.1 Å². The molecular weight excluding hydrogens is 410 g/mol. The summed E-state index contributed by atoms with van der Waals surface area (Å²) in [5.41, 5.74) is 1.29. The Morgan fingerprint density at radius 3 is 2.41 bits per heavy atom. The molecule has 1 aliphatic heterocycles. The van der Waals surface area contributed by atoms with Gasteiger partial charge in [-0.2, -0.15) is 0 Å². The molecule has 1 fully saturated rings. The van der Waals surface area contributed by atoms with Crippen molar-refractivity contribution in [2.24, 2.45) is 0 Å². The van der Waals surface area contributed by atoms with Gasteiger partial charge >= 0.3 is 0 Å². The third-order valence-electron chi connectivity index (χ3n) is 4.98. The summed E-state index contributed by atoms with van der Waals surface area (Å²) in [6.45, 7) is 4.64. The van der Waals surface area contributed by atoms with Crippen molar-refractivity contribution in [1.29, 1.82) is 0 Å². The average Bonchev–Trinajstić information content (AvgIpc) is 2.71. The van der Waals surface area contributed by atoms with Crippen molar-refractivity contribution in [2.75, 3.05) is 13.1 Å². The summed E-state index contributed by atoms with van der Waals surface area (Å²) in [6.07, 6.45) is 1.85. The average molecular weight is 434 g/mol. The molecule has 8 heteroatoms. The first-order valence-electron chi connectivity index (χ1n) is 9.59. The van der Waals surface area contributed by atoms with E-state index in [0.717, 1.165) is 42.4 Å². The molecule has 0 aliphatic carbocycles. The minimum atomic E-state index is -0.427. The molecule has 1 atom stereocenters. The number of non-ortho nitro benzene ring substituents is 1. The van der Waals surface area contributed by atoms with Crippen LogP contribution in [0.2, 0.25) is 5.02 Å². The van der Waals surface area contributed by atoms with Gasteiger partial charge in [-0.1, -0.05) is 23.7 Å². The van der Waals surface area contributed by atoms with Gasteiger partial charge in [-0.15, -0.1) is 11.8 Å². The molecule has 0 bridgehead atoms. The summed E-state index contributed by atoms with van der Waals surface area (Å²) in [4.78, 5) is 26.1. The summed E-state index contributed by atoms with van der Waals surface area (Å²) in [5.74, 6) is 0.00417. The SMILES string of the molecule is CC(Sc1ccc([N+](=O)[O-])cc1)C(=O)NC1CCN(Cc2ccc(Cl)cc2)CC1. The van der Waals surface area contributed by atoms with Crippen LogP contribution in [0.3, 0.4) is 0 Å². The fraction of sp³-hybridized carbons (Fsp3) is 0.381. The van der Waals surface area contributed by atoms with Crippen LogP contribution < -0.4 is 5.32 Å². The van der Waals surface area contributed by atoms with Crippen LogP contribution in [-0.4, -0.2) is 40.1 Å². The number of likely N-dealkylation sites (tertiary alicyclic amines) is 1. The van der Waals surface area contributed by atoms with E-state index < -0.39 is 4.92 Å². The number of piperidine rings is 1. The fourth-order valence-corrected chi connectivity index (χ4v) is 4.31. The largest absolute Gasteiger partial charge is 0.352 e. The highest BCUT2D eigenvalue weighted by molar-refractivity contribution is 8.00. The number of thioether (sulfide) groups is 1. The molecule has 1 N–H and O–H groups in total. The van der Waals surface area contributed by atoms with Crippen LogP contribution in [0.1, 0.15) is 25.3 Å². The number of carbonyl (C=O) groups is 1. The third kappa shape index (κ3) is 6.45. The lowest BCUT2D eigenvalue weighted by Gasteiger charge is -2.32. The Kier molecular flexibility index (Phi) is 7.52. The maximum Gasteiger partial charge on any atom is 0.269 e. The van der Waals surface area contributed by atoms with E-state index in [0.29, 0.717) is 0 Å². The Labute approximate surface area is 179 Å². The van der Waals surface area contributed by atoms with Crippen LogP contribution in [0, 0.1) is 10.1 Å². The molecule has 29 heavy (non-hydrogen) atoms. The summed E-state index contributed by atoms with van der Waals surface area (Å²) in [6, 6.07) is 14.4. The number of nitrogens with zero attached hydrogens (tertiary/aromatic N) is 2. The van der Waals surface area contributed by atoms with Gasteiger partial charge in [0.05, 0.1) is 10.2 Å². The van der Waals surface area contributed by atoms with Crippen molar-refractivity contribution in [3.63, 3.8) is 0 Å². The molecule has 1 unspecified atom stereocenters. The number of hydrogen-bond acceptors (Lipinski definition) is 5. The van der Waals surface area contributed by atoms with Crippen molar-refractivity contribution >= 4 is 35.0 Å². The minimum absolute atomic E-state index is 0.00417. The Morgan fingerprint density at radius 2 is 1.83 bits per heavy atom. The molecule has 1 saturated heterocycles. The number of nitrogens with one attached hydrogen (secondary N) is 1. The van der Waals surface area contributed by atoms with E-state index in [2.05, 4.69) is 10.2 Å². The zero-order valence-corrected chi connectivity index (χ0v) is 17.8. The number of nitro groups is 1. The number of nitro benzene ring substituents is 1. The summed E-state index contributed by atoms with van der Waals surface area (Å²) < 4.78 is 0. The second kappa shape index (κ2) is 10.1. The Hall–Kier alpha value is -2.09. The molecule has 0 aromatic heterocycles. The van der Waals surface area contributed by atoms with Crippen molar-refractivity contribution in [3.8, 4) is 0 Å². The van der Waals surface area contributed by atoms with Crippen molar-refractivity contribution in [1.82, 2.24) is 10.2 Å². The smallest absolute Gasteiger partial charge is 0.269 e.